The van der Waals surface area contributed by atoms with E-state index in [1.54, 1.807) is 12.4 Å². The predicted octanol–water partition coefficient (Wildman–Crippen LogP) is 2.64. The average molecular weight is 220 g/mol. The van der Waals surface area contributed by atoms with E-state index in [2.05, 4.69) is 16.9 Å². The van der Waals surface area contributed by atoms with Gasteiger partial charge in [0, 0.05) is 6.20 Å². The molecule has 0 spiro atoms. The van der Waals surface area contributed by atoms with Gasteiger partial charge in [-0.2, -0.15) is 0 Å². The number of nitrogens with zero attached hydrogens (tertiary/aromatic N) is 2. The third-order valence-electron chi connectivity index (χ3n) is 3.53. The number of hydrogen-bond donors (Lipinski definition) is 1. The van der Waals surface area contributed by atoms with Crippen LogP contribution in [-0.4, -0.2) is 15.1 Å². The van der Waals surface area contributed by atoms with Crippen LogP contribution in [0.4, 0.5) is 0 Å². The lowest BCUT2D eigenvalue weighted by Gasteiger charge is -2.29. The van der Waals surface area contributed by atoms with E-state index in [0.29, 0.717) is 5.92 Å². The van der Waals surface area contributed by atoms with Gasteiger partial charge in [0.1, 0.15) is 6.10 Å². The van der Waals surface area contributed by atoms with Crippen molar-refractivity contribution in [3.05, 3.63) is 23.8 Å². The summed E-state index contributed by atoms with van der Waals surface area (Å²) in [6.07, 6.45) is 7.74. The first kappa shape index (κ1) is 11.5. The molecule has 1 aromatic rings. The van der Waals surface area contributed by atoms with Crippen LogP contribution in [0.25, 0.3) is 0 Å². The Morgan fingerprint density at radius 2 is 2.12 bits per heavy atom. The van der Waals surface area contributed by atoms with Crippen molar-refractivity contribution < 1.29 is 5.11 Å². The highest BCUT2D eigenvalue weighted by Gasteiger charge is 2.27. The summed E-state index contributed by atoms with van der Waals surface area (Å²) < 4.78 is 0. The van der Waals surface area contributed by atoms with Crippen molar-refractivity contribution in [1.29, 1.82) is 0 Å². The van der Waals surface area contributed by atoms with Crippen LogP contribution in [0.5, 0.6) is 0 Å². The van der Waals surface area contributed by atoms with E-state index in [1.807, 2.05) is 6.92 Å². The summed E-state index contributed by atoms with van der Waals surface area (Å²) in [6.45, 7) is 4.17. The van der Waals surface area contributed by atoms with E-state index in [1.165, 1.54) is 12.8 Å². The average Bonchev–Trinajstić information content (AvgIpc) is 2.29. The Morgan fingerprint density at radius 3 is 2.75 bits per heavy atom. The molecule has 3 atom stereocenters. The van der Waals surface area contributed by atoms with Gasteiger partial charge in [-0.05, 0) is 31.6 Å². The van der Waals surface area contributed by atoms with E-state index in [0.717, 1.165) is 30.1 Å². The molecule has 1 aromatic heterocycles. The highest BCUT2D eigenvalue weighted by molar-refractivity contribution is 5.05. The molecule has 2 rings (SSSR count). The lowest BCUT2D eigenvalue weighted by atomic mass is 9.79. The first-order valence-corrected chi connectivity index (χ1v) is 6.13. The Bertz CT molecular complexity index is 336. The fourth-order valence-corrected chi connectivity index (χ4v) is 2.56. The largest absolute Gasteiger partial charge is 0.386 e. The third-order valence-corrected chi connectivity index (χ3v) is 3.53. The summed E-state index contributed by atoms with van der Waals surface area (Å²) >= 11 is 0. The number of rotatable bonds is 2. The van der Waals surface area contributed by atoms with Crippen molar-refractivity contribution >= 4 is 0 Å². The van der Waals surface area contributed by atoms with Crippen LogP contribution in [0.1, 0.15) is 50.1 Å². The molecule has 0 aromatic carbocycles. The Morgan fingerprint density at radius 1 is 1.31 bits per heavy atom. The third kappa shape index (κ3) is 2.59. The highest BCUT2D eigenvalue weighted by atomic mass is 16.3. The number of aliphatic hydroxyl groups excluding tert-OH is 1. The minimum absolute atomic E-state index is 0.362. The van der Waals surface area contributed by atoms with E-state index in [9.17, 15) is 5.11 Å². The van der Waals surface area contributed by atoms with Gasteiger partial charge in [0.25, 0.3) is 0 Å². The molecule has 1 aliphatic carbocycles. The van der Waals surface area contributed by atoms with Gasteiger partial charge < -0.3 is 5.11 Å². The Balaban J connectivity index is 2.06. The second-order valence-corrected chi connectivity index (χ2v) is 5.06. The van der Waals surface area contributed by atoms with E-state index in [4.69, 9.17) is 0 Å². The zero-order valence-corrected chi connectivity index (χ0v) is 10.1. The quantitative estimate of drug-likeness (QED) is 0.833. The molecule has 1 N–H and O–H groups in total. The first-order chi connectivity index (χ1) is 7.66. The van der Waals surface area contributed by atoms with E-state index < -0.39 is 6.10 Å². The molecule has 3 heteroatoms. The van der Waals surface area contributed by atoms with Crippen LogP contribution in [0.15, 0.2) is 12.4 Å². The maximum Gasteiger partial charge on any atom is 0.100 e. The molecule has 1 heterocycles. The van der Waals surface area contributed by atoms with Gasteiger partial charge in [-0.15, -0.1) is 0 Å². The standard InChI is InChI=1S/C13H20N2O/c1-9-4-3-5-11(6-9)13(16)12-8-14-10(2)7-15-12/h7-9,11,13,16H,3-6H2,1-2H3. The van der Waals surface area contributed by atoms with Crippen molar-refractivity contribution in [3.8, 4) is 0 Å². The summed E-state index contributed by atoms with van der Waals surface area (Å²) in [5.41, 5.74) is 1.62. The highest BCUT2D eigenvalue weighted by Crippen LogP contribution is 2.36. The van der Waals surface area contributed by atoms with Crippen LogP contribution >= 0.6 is 0 Å². The zero-order chi connectivity index (χ0) is 11.5. The van der Waals surface area contributed by atoms with Crippen molar-refractivity contribution in [2.45, 2.75) is 45.6 Å². The molecule has 0 radical (unpaired) electrons. The Labute approximate surface area is 96.9 Å². The molecule has 0 saturated heterocycles. The molecule has 88 valence electrons. The lowest BCUT2D eigenvalue weighted by Crippen LogP contribution is -2.21. The predicted molar refractivity (Wildman–Crippen MR) is 62.9 cm³/mol. The molecular weight excluding hydrogens is 200 g/mol. The number of aliphatic hydroxyl groups is 1. The minimum atomic E-state index is -0.434. The van der Waals surface area contributed by atoms with Gasteiger partial charge in [0.15, 0.2) is 0 Å². The molecule has 1 aliphatic rings. The fourth-order valence-electron chi connectivity index (χ4n) is 2.56. The molecule has 16 heavy (non-hydrogen) atoms. The lowest BCUT2D eigenvalue weighted by molar-refractivity contribution is 0.0677. The number of aryl methyl sites for hydroxylation is 1. The monoisotopic (exact) mass is 220 g/mol. The molecule has 3 nitrogen and oxygen atoms in total. The van der Waals surface area contributed by atoms with Crippen LogP contribution in [-0.2, 0) is 0 Å². The van der Waals surface area contributed by atoms with Crippen molar-refractivity contribution in [2.24, 2.45) is 11.8 Å². The smallest absolute Gasteiger partial charge is 0.100 e. The zero-order valence-electron chi connectivity index (χ0n) is 10.1. The van der Waals surface area contributed by atoms with Crippen molar-refractivity contribution in [1.82, 2.24) is 9.97 Å². The molecule has 0 amide bonds. The number of hydrogen-bond acceptors (Lipinski definition) is 3. The van der Waals surface area contributed by atoms with Crippen LogP contribution < -0.4 is 0 Å². The summed E-state index contributed by atoms with van der Waals surface area (Å²) in [7, 11) is 0. The van der Waals surface area contributed by atoms with Crippen LogP contribution in [0, 0.1) is 18.8 Å². The van der Waals surface area contributed by atoms with Gasteiger partial charge in [0.05, 0.1) is 17.6 Å². The van der Waals surface area contributed by atoms with Gasteiger partial charge >= 0.3 is 0 Å². The van der Waals surface area contributed by atoms with Gasteiger partial charge in [-0.25, -0.2) is 0 Å². The van der Waals surface area contributed by atoms with Crippen molar-refractivity contribution in [3.63, 3.8) is 0 Å². The molecule has 0 bridgehead atoms. The second kappa shape index (κ2) is 4.91. The van der Waals surface area contributed by atoms with Gasteiger partial charge in [-0.1, -0.05) is 19.8 Å². The SMILES string of the molecule is Cc1cnc(C(O)C2CCCC(C)C2)cn1. The van der Waals surface area contributed by atoms with Crippen LogP contribution in [0.3, 0.4) is 0 Å². The molecule has 1 saturated carbocycles. The first-order valence-electron chi connectivity index (χ1n) is 6.13. The topological polar surface area (TPSA) is 46.0 Å². The summed E-state index contributed by atoms with van der Waals surface area (Å²) in [5.74, 6) is 1.09. The van der Waals surface area contributed by atoms with Crippen molar-refractivity contribution in [2.75, 3.05) is 0 Å². The number of aromatic nitrogens is 2. The minimum Gasteiger partial charge on any atom is -0.386 e. The summed E-state index contributed by atoms with van der Waals surface area (Å²) in [4.78, 5) is 8.46. The molecular formula is C13H20N2O. The van der Waals surface area contributed by atoms with E-state index in [-0.39, 0.29) is 0 Å². The van der Waals surface area contributed by atoms with Gasteiger partial charge in [0.2, 0.25) is 0 Å². The van der Waals surface area contributed by atoms with Gasteiger partial charge in [-0.3, -0.25) is 9.97 Å². The molecule has 0 aliphatic heterocycles. The van der Waals surface area contributed by atoms with Crippen LogP contribution in [0.2, 0.25) is 0 Å². The maximum absolute atomic E-state index is 10.3. The maximum atomic E-state index is 10.3. The normalized spacial score (nSPS) is 27.7. The van der Waals surface area contributed by atoms with E-state index >= 15 is 0 Å². The molecule has 3 unspecified atom stereocenters. The Kier molecular flexibility index (Phi) is 3.54. The molecule has 1 fully saturated rings. The summed E-state index contributed by atoms with van der Waals surface area (Å²) in [6, 6.07) is 0. The summed E-state index contributed by atoms with van der Waals surface area (Å²) in [5, 5.41) is 10.3. The second-order valence-electron chi connectivity index (χ2n) is 5.06. The fraction of sp³-hybridized carbons (Fsp3) is 0.692. The Hall–Kier alpha value is -0.960.